The Kier molecular flexibility index (Phi) is 3.99. The van der Waals surface area contributed by atoms with Gasteiger partial charge in [-0.05, 0) is 18.1 Å². The van der Waals surface area contributed by atoms with Gasteiger partial charge in [0.15, 0.2) is 5.96 Å². The highest BCUT2D eigenvalue weighted by atomic mass is 35.5. The lowest BCUT2D eigenvalue weighted by atomic mass is 9.84. The molecule has 0 atom stereocenters. The van der Waals surface area contributed by atoms with Crippen LogP contribution in [0.1, 0.15) is 25.8 Å². The largest absolute Gasteiger partial charge is 0.370 e. The van der Waals surface area contributed by atoms with Gasteiger partial charge in [0.05, 0.1) is 11.6 Å². The van der Waals surface area contributed by atoms with Crippen LogP contribution >= 0.6 is 11.6 Å². The Morgan fingerprint density at radius 2 is 2.16 bits per heavy atom. The number of hydrogen-bond acceptors (Lipinski definition) is 1. The van der Waals surface area contributed by atoms with Crippen LogP contribution in [0.3, 0.4) is 0 Å². The van der Waals surface area contributed by atoms with Crippen molar-refractivity contribution in [1.29, 1.82) is 0 Å². The first-order chi connectivity index (χ1) is 8.92. The molecule has 1 aromatic carbocycles. The second-order valence-corrected chi connectivity index (χ2v) is 5.91. The van der Waals surface area contributed by atoms with Gasteiger partial charge in [0, 0.05) is 18.5 Å². The van der Waals surface area contributed by atoms with Gasteiger partial charge in [0.25, 0.3) is 0 Å². The quantitative estimate of drug-likeness (QED) is 0.685. The number of benzene rings is 1. The van der Waals surface area contributed by atoms with Crippen molar-refractivity contribution in [3.8, 4) is 0 Å². The molecule has 1 heterocycles. The average molecular weight is 284 g/mol. The van der Waals surface area contributed by atoms with Gasteiger partial charge < -0.3 is 10.6 Å². The first kappa shape index (κ1) is 14.1. The van der Waals surface area contributed by atoms with E-state index < -0.39 is 5.41 Å². The Bertz CT molecular complexity index is 495. The minimum absolute atomic E-state index is 0.144. The number of nitrogens with zero attached hydrogens (tertiary/aromatic N) is 2. The molecule has 19 heavy (non-hydrogen) atoms. The van der Waals surface area contributed by atoms with E-state index in [1.165, 1.54) is 0 Å². The number of nitrogens with two attached hydrogens (primary N) is 1. The third-order valence-corrected chi connectivity index (χ3v) is 3.79. The Morgan fingerprint density at radius 3 is 2.74 bits per heavy atom. The molecule has 0 amide bonds. The zero-order valence-electron chi connectivity index (χ0n) is 11.3. The standard InChI is InChI=1S/C14H19ClFN3/c1-14(2,9-18-13(17)19-7-4-8-19)10-5-3-6-11(15)12(10)16/h3,5-6H,4,7-9H2,1-2H3,(H2,17,18). The first-order valence-electron chi connectivity index (χ1n) is 6.41. The van der Waals surface area contributed by atoms with Gasteiger partial charge in [-0.3, -0.25) is 4.99 Å². The maximum absolute atomic E-state index is 14.0. The minimum Gasteiger partial charge on any atom is -0.370 e. The SMILES string of the molecule is CC(C)(CN=C(N)N1CCC1)c1cccc(Cl)c1F. The number of guanidine groups is 1. The summed E-state index contributed by atoms with van der Waals surface area (Å²) in [5, 5.41) is 0.144. The van der Waals surface area contributed by atoms with Crippen LogP contribution in [0.25, 0.3) is 0 Å². The molecule has 0 aromatic heterocycles. The molecule has 1 aliphatic rings. The molecular weight excluding hydrogens is 265 g/mol. The van der Waals surface area contributed by atoms with Gasteiger partial charge in [-0.2, -0.15) is 0 Å². The normalized spacial score (nSPS) is 16.4. The van der Waals surface area contributed by atoms with Crippen molar-refractivity contribution in [3.05, 3.63) is 34.6 Å². The molecule has 1 saturated heterocycles. The lowest BCUT2D eigenvalue weighted by Crippen LogP contribution is -2.46. The topological polar surface area (TPSA) is 41.6 Å². The highest BCUT2D eigenvalue weighted by Gasteiger charge is 2.26. The van der Waals surface area contributed by atoms with E-state index in [4.69, 9.17) is 17.3 Å². The second-order valence-electron chi connectivity index (χ2n) is 5.50. The average Bonchev–Trinajstić information content (AvgIpc) is 2.28. The summed E-state index contributed by atoms with van der Waals surface area (Å²) < 4.78 is 14.0. The third kappa shape index (κ3) is 3.00. The van der Waals surface area contributed by atoms with Crippen molar-refractivity contribution in [3.63, 3.8) is 0 Å². The molecule has 1 aliphatic heterocycles. The van der Waals surface area contributed by atoms with Crippen molar-refractivity contribution in [1.82, 2.24) is 4.90 Å². The molecule has 104 valence electrons. The van der Waals surface area contributed by atoms with Gasteiger partial charge in [-0.1, -0.05) is 37.6 Å². The van der Waals surface area contributed by atoms with Crippen molar-refractivity contribution in [2.45, 2.75) is 25.7 Å². The molecule has 3 nitrogen and oxygen atoms in total. The fourth-order valence-electron chi connectivity index (χ4n) is 2.04. The van der Waals surface area contributed by atoms with Crippen LogP contribution in [-0.4, -0.2) is 30.5 Å². The van der Waals surface area contributed by atoms with Crippen LogP contribution in [0.5, 0.6) is 0 Å². The smallest absolute Gasteiger partial charge is 0.191 e. The summed E-state index contributed by atoms with van der Waals surface area (Å²) in [6, 6.07) is 5.05. The monoisotopic (exact) mass is 283 g/mol. The summed E-state index contributed by atoms with van der Waals surface area (Å²) >= 11 is 5.82. The van der Waals surface area contributed by atoms with Crippen LogP contribution in [0.2, 0.25) is 5.02 Å². The van der Waals surface area contributed by atoms with E-state index in [2.05, 4.69) is 4.99 Å². The Balaban J connectivity index is 2.15. The Labute approximate surface area is 118 Å². The van der Waals surface area contributed by atoms with Crippen LogP contribution in [-0.2, 0) is 5.41 Å². The molecular formula is C14H19ClFN3. The summed E-state index contributed by atoms with van der Waals surface area (Å²) in [5.74, 6) is 0.175. The van der Waals surface area contributed by atoms with Crippen LogP contribution in [0.15, 0.2) is 23.2 Å². The predicted octanol–water partition coefficient (Wildman–Crippen LogP) is 2.78. The van der Waals surface area contributed by atoms with Gasteiger partial charge in [-0.25, -0.2) is 4.39 Å². The molecule has 2 N–H and O–H groups in total. The van der Waals surface area contributed by atoms with Crippen molar-refractivity contribution >= 4 is 17.6 Å². The van der Waals surface area contributed by atoms with E-state index in [9.17, 15) is 4.39 Å². The van der Waals surface area contributed by atoms with Crippen molar-refractivity contribution in [2.75, 3.05) is 19.6 Å². The molecule has 0 spiro atoms. The summed E-state index contributed by atoms with van der Waals surface area (Å²) in [6.07, 6.45) is 1.16. The van der Waals surface area contributed by atoms with E-state index in [1.54, 1.807) is 18.2 Å². The van der Waals surface area contributed by atoms with Crippen molar-refractivity contribution in [2.24, 2.45) is 10.7 Å². The number of rotatable bonds is 3. The lowest BCUT2D eigenvalue weighted by Gasteiger charge is -2.32. The molecule has 0 saturated carbocycles. The fourth-order valence-corrected chi connectivity index (χ4v) is 2.21. The summed E-state index contributed by atoms with van der Waals surface area (Å²) in [4.78, 5) is 6.39. The number of halogens is 2. The molecule has 5 heteroatoms. The van der Waals surface area contributed by atoms with Gasteiger partial charge in [0.1, 0.15) is 5.82 Å². The lowest BCUT2D eigenvalue weighted by molar-refractivity contribution is 0.294. The van der Waals surface area contributed by atoms with E-state index in [1.807, 2.05) is 18.7 Å². The molecule has 1 aromatic rings. The minimum atomic E-state index is -0.440. The molecule has 1 fully saturated rings. The Hall–Kier alpha value is -1.29. The fraction of sp³-hybridized carbons (Fsp3) is 0.500. The van der Waals surface area contributed by atoms with Crippen LogP contribution in [0, 0.1) is 5.82 Å². The van der Waals surface area contributed by atoms with E-state index in [0.717, 1.165) is 19.5 Å². The Morgan fingerprint density at radius 1 is 1.47 bits per heavy atom. The van der Waals surface area contributed by atoms with Crippen LogP contribution in [0.4, 0.5) is 4.39 Å². The summed E-state index contributed by atoms with van der Waals surface area (Å²) in [6.45, 7) is 6.23. The number of aliphatic imine (C=N–C) groups is 1. The third-order valence-electron chi connectivity index (χ3n) is 3.50. The van der Waals surface area contributed by atoms with Crippen LogP contribution < -0.4 is 5.73 Å². The highest BCUT2D eigenvalue weighted by molar-refractivity contribution is 6.30. The molecule has 0 radical (unpaired) electrons. The first-order valence-corrected chi connectivity index (χ1v) is 6.79. The number of likely N-dealkylation sites (tertiary alicyclic amines) is 1. The zero-order chi connectivity index (χ0) is 14.0. The zero-order valence-corrected chi connectivity index (χ0v) is 12.0. The van der Waals surface area contributed by atoms with Gasteiger partial charge in [-0.15, -0.1) is 0 Å². The highest BCUT2D eigenvalue weighted by Crippen LogP contribution is 2.29. The predicted molar refractivity (Wildman–Crippen MR) is 77.1 cm³/mol. The summed E-state index contributed by atoms with van der Waals surface area (Å²) in [5.41, 5.74) is 6.02. The molecule has 0 unspecified atom stereocenters. The summed E-state index contributed by atoms with van der Waals surface area (Å²) in [7, 11) is 0. The second kappa shape index (κ2) is 5.37. The van der Waals surface area contributed by atoms with Crippen molar-refractivity contribution < 1.29 is 4.39 Å². The molecule has 0 bridgehead atoms. The maximum atomic E-state index is 14.0. The van der Waals surface area contributed by atoms with Gasteiger partial charge >= 0.3 is 0 Å². The van der Waals surface area contributed by atoms with Gasteiger partial charge in [0.2, 0.25) is 0 Å². The molecule has 2 rings (SSSR count). The van der Waals surface area contributed by atoms with E-state index >= 15 is 0 Å². The molecule has 0 aliphatic carbocycles. The number of hydrogen-bond donors (Lipinski definition) is 1. The maximum Gasteiger partial charge on any atom is 0.191 e. The van der Waals surface area contributed by atoms with E-state index in [0.29, 0.717) is 18.1 Å². The van der Waals surface area contributed by atoms with E-state index in [-0.39, 0.29) is 10.8 Å².